The van der Waals surface area contributed by atoms with Crippen molar-refractivity contribution in [3.05, 3.63) is 60.7 Å². The number of fused-ring (bicyclic) bond motifs is 1. The van der Waals surface area contributed by atoms with E-state index in [1.165, 1.54) is 0 Å². The number of H-pyrrole nitrogens is 1. The number of anilines is 2. The SMILES string of the molecule is Cc1cc(Nc2nc(-c3ccccc3)cc3cncn23)n[nH]1. The van der Waals surface area contributed by atoms with Crippen molar-refractivity contribution in [3.63, 3.8) is 0 Å². The van der Waals surface area contributed by atoms with Crippen molar-refractivity contribution >= 4 is 17.3 Å². The summed E-state index contributed by atoms with van der Waals surface area (Å²) in [6.45, 7) is 1.96. The van der Waals surface area contributed by atoms with Crippen LogP contribution in [-0.2, 0) is 0 Å². The Balaban J connectivity index is 1.84. The second-order valence-electron chi connectivity index (χ2n) is 5.08. The van der Waals surface area contributed by atoms with Crippen molar-refractivity contribution in [2.75, 3.05) is 5.32 Å². The average molecular weight is 290 g/mol. The van der Waals surface area contributed by atoms with Gasteiger partial charge >= 0.3 is 0 Å². The molecule has 0 spiro atoms. The van der Waals surface area contributed by atoms with Crippen molar-refractivity contribution < 1.29 is 0 Å². The van der Waals surface area contributed by atoms with Crippen LogP contribution in [0.5, 0.6) is 0 Å². The topological polar surface area (TPSA) is 70.9 Å². The Morgan fingerprint density at radius 3 is 2.77 bits per heavy atom. The van der Waals surface area contributed by atoms with Crippen LogP contribution in [0.15, 0.2) is 55.0 Å². The summed E-state index contributed by atoms with van der Waals surface area (Å²) in [7, 11) is 0. The molecule has 0 bridgehead atoms. The summed E-state index contributed by atoms with van der Waals surface area (Å²) in [6.07, 6.45) is 3.55. The molecule has 0 aliphatic heterocycles. The summed E-state index contributed by atoms with van der Waals surface area (Å²) in [5, 5.41) is 10.3. The number of aryl methyl sites for hydroxylation is 1. The van der Waals surface area contributed by atoms with Gasteiger partial charge in [0, 0.05) is 17.3 Å². The van der Waals surface area contributed by atoms with Crippen LogP contribution in [0.1, 0.15) is 5.69 Å². The Bertz CT molecular complexity index is 922. The van der Waals surface area contributed by atoms with E-state index in [-0.39, 0.29) is 0 Å². The fourth-order valence-corrected chi connectivity index (χ4v) is 2.37. The van der Waals surface area contributed by atoms with Crippen molar-refractivity contribution in [2.24, 2.45) is 0 Å². The highest BCUT2D eigenvalue weighted by molar-refractivity contribution is 5.68. The Morgan fingerprint density at radius 1 is 1.14 bits per heavy atom. The number of benzene rings is 1. The second kappa shape index (κ2) is 5.00. The van der Waals surface area contributed by atoms with Crippen LogP contribution in [0.4, 0.5) is 11.8 Å². The van der Waals surface area contributed by atoms with Gasteiger partial charge in [0.2, 0.25) is 5.95 Å². The number of aromatic amines is 1. The quantitative estimate of drug-likeness (QED) is 0.608. The van der Waals surface area contributed by atoms with Gasteiger partial charge in [0.05, 0.1) is 17.4 Å². The maximum Gasteiger partial charge on any atom is 0.215 e. The molecule has 0 unspecified atom stereocenters. The number of hydrogen-bond acceptors (Lipinski definition) is 4. The molecule has 0 saturated carbocycles. The summed E-state index contributed by atoms with van der Waals surface area (Å²) in [6, 6.07) is 14.0. The molecule has 0 atom stereocenters. The zero-order chi connectivity index (χ0) is 14.9. The van der Waals surface area contributed by atoms with E-state index in [2.05, 4.69) is 20.5 Å². The average Bonchev–Trinajstić information content (AvgIpc) is 3.17. The molecule has 108 valence electrons. The van der Waals surface area contributed by atoms with Crippen LogP contribution in [0.2, 0.25) is 0 Å². The lowest BCUT2D eigenvalue weighted by atomic mass is 10.1. The van der Waals surface area contributed by atoms with Crippen LogP contribution >= 0.6 is 0 Å². The molecule has 22 heavy (non-hydrogen) atoms. The lowest BCUT2D eigenvalue weighted by Gasteiger charge is -2.09. The third-order valence-corrected chi connectivity index (χ3v) is 3.42. The largest absolute Gasteiger partial charge is 0.308 e. The summed E-state index contributed by atoms with van der Waals surface area (Å²) < 4.78 is 1.90. The van der Waals surface area contributed by atoms with E-state index >= 15 is 0 Å². The molecule has 6 nitrogen and oxygen atoms in total. The first-order valence-electron chi connectivity index (χ1n) is 6.97. The molecule has 3 aromatic heterocycles. The lowest BCUT2D eigenvalue weighted by molar-refractivity contribution is 1.03. The molecule has 0 radical (unpaired) electrons. The summed E-state index contributed by atoms with van der Waals surface area (Å²) in [4.78, 5) is 8.90. The Labute approximate surface area is 126 Å². The normalized spacial score (nSPS) is 11.0. The van der Waals surface area contributed by atoms with Gasteiger partial charge in [-0.25, -0.2) is 9.97 Å². The maximum absolute atomic E-state index is 4.71. The smallest absolute Gasteiger partial charge is 0.215 e. The van der Waals surface area contributed by atoms with Crippen molar-refractivity contribution in [1.82, 2.24) is 24.6 Å². The summed E-state index contributed by atoms with van der Waals surface area (Å²) >= 11 is 0. The first kappa shape index (κ1) is 12.6. The fraction of sp³-hybridized carbons (Fsp3) is 0.0625. The van der Waals surface area contributed by atoms with Crippen LogP contribution in [-0.4, -0.2) is 24.6 Å². The van der Waals surface area contributed by atoms with Gasteiger partial charge in [0.1, 0.15) is 6.33 Å². The lowest BCUT2D eigenvalue weighted by Crippen LogP contribution is -2.02. The molecule has 4 aromatic rings. The Morgan fingerprint density at radius 2 is 2.00 bits per heavy atom. The van der Waals surface area contributed by atoms with Crippen molar-refractivity contribution in [1.29, 1.82) is 0 Å². The monoisotopic (exact) mass is 290 g/mol. The molecule has 3 heterocycles. The molecule has 0 aliphatic rings. The van der Waals surface area contributed by atoms with E-state index in [4.69, 9.17) is 4.98 Å². The van der Waals surface area contributed by atoms with Crippen LogP contribution in [0.25, 0.3) is 16.8 Å². The van der Waals surface area contributed by atoms with Gasteiger partial charge in [-0.3, -0.25) is 9.50 Å². The zero-order valence-corrected chi connectivity index (χ0v) is 12.0. The van der Waals surface area contributed by atoms with Gasteiger partial charge in [-0.2, -0.15) is 5.10 Å². The van der Waals surface area contributed by atoms with E-state index in [1.807, 2.05) is 60.0 Å². The van der Waals surface area contributed by atoms with Crippen LogP contribution in [0, 0.1) is 6.92 Å². The first-order chi connectivity index (χ1) is 10.8. The maximum atomic E-state index is 4.71. The van der Waals surface area contributed by atoms with Crippen LogP contribution in [0.3, 0.4) is 0 Å². The zero-order valence-electron chi connectivity index (χ0n) is 12.0. The summed E-state index contributed by atoms with van der Waals surface area (Å²) in [5.41, 5.74) is 3.92. The summed E-state index contributed by atoms with van der Waals surface area (Å²) in [5.74, 6) is 1.41. The van der Waals surface area contributed by atoms with E-state index in [1.54, 1.807) is 6.33 Å². The molecule has 0 fully saturated rings. The van der Waals surface area contributed by atoms with Gasteiger partial charge in [-0.1, -0.05) is 30.3 Å². The minimum Gasteiger partial charge on any atom is -0.308 e. The number of hydrogen-bond donors (Lipinski definition) is 2. The highest BCUT2D eigenvalue weighted by Gasteiger charge is 2.09. The molecule has 0 amide bonds. The molecule has 0 aliphatic carbocycles. The van der Waals surface area contributed by atoms with Gasteiger partial charge in [-0.15, -0.1) is 0 Å². The van der Waals surface area contributed by atoms with E-state index < -0.39 is 0 Å². The van der Waals surface area contributed by atoms with Crippen LogP contribution < -0.4 is 5.32 Å². The highest BCUT2D eigenvalue weighted by Crippen LogP contribution is 2.23. The molecule has 0 saturated heterocycles. The fourth-order valence-electron chi connectivity index (χ4n) is 2.37. The number of nitrogens with one attached hydrogen (secondary N) is 2. The van der Waals surface area contributed by atoms with Crippen molar-refractivity contribution in [2.45, 2.75) is 6.92 Å². The number of aromatic nitrogens is 5. The molecule has 4 rings (SSSR count). The number of rotatable bonds is 3. The molecular weight excluding hydrogens is 276 g/mol. The van der Waals surface area contributed by atoms with Gasteiger partial charge in [-0.05, 0) is 13.0 Å². The number of imidazole rings is 1. The third-order valence-electron chi connectivity index (χ3n) is 3.42. The minimum atomic E-state index is 0.681. The van der Waals surface area contributed by atoms with Gasteiger partial charge in [0.25, 0.3) is 0 Å². The predicted molar refractivity (Wildman–Crippen MR) is 85.0 cm³/mol. The predicted octanol–water partition coefficient (Wildman–Crippen LogP) is 3.17. The van der Waals surface area contributed by atoms with Gasteiger partial charge < -0.3 is 5.32 Å². The first-order valence-corrected chi connectivity index (χ1v) is 6.97. The van der Waals surface area contributed by atoms with E-state index in [0.717, 1.165) is 28.3 Å². The standard InChI is InChI=1S/C16H14N6/c1-11-7-15(21-20-11)19-16-18-14(12-5-3-2-4-6-12)8-13-9-17-10-22(13)16/h2-10H,1H3,(H2,18,19,20,21). The molecule has 6 heteroatoms. The molecule has 1 aromatic carbocycles. The van der Waals surface area contributed by atoms with Gasteiger partial charge in [0.15, 0.2) is 5.82 Å². The van der Waals surface area contributed by atoms with E-state index in [0.29, 0.717) is 5.95 Å². The third kappa shape index (κ3) is 2.20. The second-order valence-corrected chi connectivity index (χ2v) is 5.08. The van der Waals surface area contributed by atoms with E-state index in [9.17, 15) is 0 Å². The molecule has 2 N–H and O–H groups in total. The van der Waals surface area contributed by atoms with Crippen molar-refractivity contribution in [3.8, 4) is 11.3 Å². The number of nitrogens with zero attached hydrogens (tertiary/aromatic N) is 4. The molecular formula is C16H14N6. The minimum absolute atomic E-state index is 0.681. The highest BCUT2D eigenvalue weighted by atomic mass is 15.3. The Kier molecular flexibility index (Phi) is 2.86. The Hall–Kier alpha value is -3.15.